The molecular formula is C20H26N2O5S. The van der Waals surface area contributed by atoms with E-state index >= 15 is 0 Å². The molecule has 1 aliphatic heterocycles. The molecule has 8 heteroatoms. The highest BCUT2D eigenvalue weighted by molar-refractivity contribution is 7.89. The van der Waals surface area contributed by atoms with Gasteiger partial charge in [0.25, 0.3) is 0 Å². The molecule has 0 aliphatic carbocycles. The molecule has 0 radical (unpaired) electrons. The van der Waals surface area contributed by atoms with Crippen molar-refractivity contribution < 1.29 is 23.1 Å². The first-order chi connectivity index (χ1) is 13.3. The van der Waals surface area contributed by atoms with Crippen molar-refractivity contribution in [3.8, 4) is 0 Å². The molecule has 0 saturated carbocycles. The van der Waals surface area contributed by atoms with E-state index in [9.17, 15) is 13.2 Å². The van der Waals surface area contributed by atoms with E-state index in [-0.39, 0.29) is 11.9 Å². The molecule has 0 bridgehead atoms. The average molecular weight is 407 g/mol. The van der Waals surface area contributed by atoms with Crippen LogP contribution in [0.4, 0.5) is 0 Å². The molecule has 0 amide bonds. The number of ether oxygens (including phenoxy) is 1. The van der Waals surface area contributed by atoms with Crippen LogP contribution < -0.4 is 0 Å². The summed E-state index contributed by atoms with van der Waals surface area (Å²) in [6.45, 7) is 4.54. The standard InChI is InChI=1S/C20H26N2O5S/c1-14(20(23)24)13-28(25,26)22-9-7-17(8-10-22)27-12-16-11-15(2)21-19-6-4-3-5-18(16)19/h3-6,11,14,17H,7-10,12-13H2,1-2H3,(H,23,24)/t14-/m1/s1. The van der Waals surface area contributed by atoms with Gasteiger partial charge in [-0.25, -0.2) is 12.7 Å². The van der Waals surface area contributed by atoms with Crippen LogP contribution >= 0.6 is 0 Å². The third-order valence-corrected chi connectivity index (χ3v) is 7.15. The van der Waals surface area contributed by atoms with E-state index in [1.165, 1.54) is 11.2 Å². The number of nitrogens with zero attached hydrogens (tertiary/aromatic N) is 2. The number of aliphatic carboxylic acids is 1. The van der Waals surface area contributed by atoms with Crippen LogP contribution in [0, 0.1) is 12.8 Å². The number of aromatic nitrogens is 1. The van der Waals surface area contributed by atoms with Crippen molar-refractivity contribution in [2.45, 2.75) is 39.4 Å². The van der Waals surface area contributed by atoms with Gasteiger partial charge in [-0.15, -0.1) is 0 Å². The van der Waals surface area contributed by atoms with Crippen molar-refractivity contribution in [3.05, 3.63) is 41.6 Å². The fraction of sp³-hybridized carbons (Fsp3) is 0.500. The molecule has 2 heterocycles. The summed E-state index contributed by atoms with van der Waals surface area (Å²) in [5.41, 5.74) is 2.95. The maximum atomic E-state index is 12.4. The van der Waals surface area contributed by atoms with Crippen molar-refractivity contribution in [1.29, 1.82) is 0 Å². The van der Waals surface area contributed by atoms with Crippen molar-refractivity contribution >= 4 is 26.9 Å². The highest BCUT2D eigenvalue weighted by Gasteiger charge is 2.31. The number of para-hydroxylation sites is 1. The molecule has 1 atom stereocenters. The lowest BCUT2D eigenvalue weighted by molar-refractivity contribution is -0.140. The summed E-state index contributed by atoms with van der Waals surface area (Å²) in [6.07, 6.45) is 1.18. The molecule has 1 saturated heterocycles. The molecule has 1 N–H and O–H groups in total. The number of rotatable bonds is 7. The lowest BCUT2D eigenvalue weighted by Crippen LogP contribution is -2.43. The minimum atomic E-state index is -3.56. The minimum absolute atomic E-state index is 0.0180. The fourth-order valence-electron chi connectivity index (χ4n) is 3.49. The van der Waals surface area contributed by atoms with Gasteiger partial charge >= 0.3 is 5.97 Å². The molecule has 0 spiro atoms. The largest absolute Gasteiger partial charge is 0.481 e. The molecule has 152 valence electrons. The zero-order valence-corrected chi connectivity index (χ0v) is 17.0. The summed E-state index contributed by atoms with van der Waals surface area (Å²) >= 11 is 0. The molecule has 1 fully saturated rings. The van der Waals surface area contributed by atoms with E-state index in [0.717, 1.165) is 22.2 Å². The van der Waals surface area contributed by atoms with E-state index < -0.39 is 21.9 Å². The van der Waals surface area contributed by atoms with Gasteiger partial charge in [0, 0.05) is 24.2 Å². The average Bonchev–Trinajstić information content (AvgIpc) is 2.66. The number of sulfonamides is 1. The van der Waals surface area contributed by atoms with Crippen LogP contribution in [0.25, 0.3) is 10.9 Å². The summed E-state index contributed by atoms with van der Waals surface area (Å²) in [4.78, 5) is 15.5. The zero-order valence-electron chi connectivity index (χ0n) is 16.2. The van der Waals surface area contributed by atoms with Gasteiger partial charge in [-0.1, -0.05) is 25.1 Å². The molecule has 7 nitrogen and oxygen atoms in total. The maximum absolute atomic E-state index is 12.4. The second-order valence-corrected chi connectivity index (χ2v) is 9.38. The van der Waals surface area contributed by atoms with E-state index in [1.54, 1.807) is 0 Å². The number of carboxylic acids is 1. The third-order valence-electron chi connectivity index (χ3n) is 5.08. The number of hydrogen-bond acceptors (Lipinski definition) is 5. The van der Waals surface area contributed by atoms with Crippen LogP contribution in [0.2, 0.25) is 0 Å². The van der Waals surface area contributed by atoms with Crippen molar-refractivity contribution in [3.63, 3.8) is 0 Å². The smallest absolute Gasteiger partial charge is 0.307 e. The van der Waals surface area contributed by atoms with Gasteiger partial charge in [-0.3, -0.25) is 9.78 Å². The highest BCUT2D eigenvalue weighted by atomic mass is 32.2. The maximum Gasteiger partial charge on any atom is 0.307 e. The topological polar surface area (TPSA) is 96.8 Å². The first-order valence-electron chi connectivity index (χ1n) is 9.44. The number of pyridine rings is 1. The molecule has 28 heavy (non-hydrogen) atoms. The second kappa shape index (κ2) is 8.55. The van der Waals surface area contributed by atoms with E-state index in [2.05, 4.69) is 4.98 Å². The summed E-state index contributed by atoms with van der Waals surface area (Å²) in [6, 6.07) is 9.97. The van der Waals surface area contributed by atoms with Crippen LogP contribution in [-0.4, -0.2) is 53.7 Å². The zero-order chi connectivity index (χ0) is 20.3. The van der Waals surface area contributed by atoms with Crippen LogP contribution in [0.15, 0.2) is 30.3 Å². The summed E-state index contributed by atoms with van der Waals surface area (Å²) in [5.74, 6) is -2.38. The van der Waals surface area contributed by atoms with E-state index in [0.29, 0.717) is 32.5 Å². The van der Waals surface area contributed by atoms with E-state index in [1.807, 2.05) is 37.3 Å². The number of hydrogen-bond donors (Lipinski definition) is 1. The fourth-order valence-corrected chi connectivity index (χ4v) is 5.24. The Morgan fingerprint density at radius 1 is 1.32 bits per heavy atom. The van der Waals surface area contributed by atoms with Crippen molar-refractivity contribution in [2.24, 2.45) is 5.92 Å². The monoisotopic (exact) mass is 406 g/mol. The molecule has 1 aromatic heterocycles. The van der Waals surface area contributed by atoms with Crippen molar-refractivity contribution in [2.75, 3.05) is 18.8 Å². The summed E-state index contributed by atoms with van der Waals surface area (Å²) in [5, 5.41) is 10.0. The Bertz CT molecular complexity index is 952. The SMILES string of the molecule is Cc1cc(COC2CCN(S(=O)(=O)C[C@@H](C)C(=O)O)CC2)c2ccccc2n1. The van der Waals surface area contributed by atoms with Crippen LogP contribution in [-0.2, 0) is 26.2 Å². The number of piperidine rings is 1. The predicted octanol–water partition coefficient (Wildman–Crippen LogP) is 2.57. The Hall–Kier alpha value is -2.03. The Morgan fingerprint density at radius 3 is 2.68 bits per heavy atom. The molecule has 1 aromatic carbocycles. The second-order valence-electron chi connectivity index (χ2n) is 7.37. The Labute approximate surface area is 165 Å². The Kier molecular flexibility index (Phi) is 6.32. The van der Waals surface area contributed by atoms with E-state index in [4.69, 9.17) is 9.84 Å². The number of aryl methyl sites for hydroxylation is 1. The van der Waals surface area contributed by atoms with Crippen LogP contribution in [0.5, 0.6) is 0 Å². The molecule has 3 rings (SSSR count). The minimum Gasteiger partial charge on any atom is -0.481 e. The normalized spacial score (nSPS) is 17.6. The molecule has 0 unspecified atom stereocenters. The first-order valence-corrected chi connectivity index (χ1v) is 11.0. The summed E-state index contributed by atoms with van der Waals surface area (Å²) < 4.78 is 32.2. The van der Waals surface area contributed by atoms with Crippen LogP contribution in [0.1, 0.15) is 31.0 Å². The van der Waals surface area contributed by atoms with Gasteiger partial charge in [-0.05, 0) is 37.5 Å². The van der Waals surface area contributed by atoms with Gasteiger partial charge in [0.2, 0.25) is 10.0 Å². The molecular weight excluding hydrogens is 380 g/mol. The number of carbonyl (C=O) groups is 1. The van der Waals surface area contributed by atoms with Crippen LogP contribution in [0.3, 0.4) is 0 Å². The Morgan fingerprint density at radius 2 is 2.00 bits per heavy atom. The lowest BCUT2D eigenvalue weighted by Gasteiger charge is -2.31. The van der Waals surface area contributed by atoms with Gasteiger partial charge in [0.1, 0.15) is 0 Å². The van der Waals surface area contributed by atoms with Gasteiger partial charge in [-0.2, -0.15) is 0 Å². The number of carboxylic acid groups (broad SMARTS) is 1. The third kappa shape index (κ3) is 4.87. The van der Waals surface area contributed by atoms with Gasteiger partial charge in [0.15, 0.2) is 0 Å². The Balaban J connectivity index is 1.58. The van der Waals surface area contributed by atoms with Gasteiger partial charge in [0.05, 0.1) is 29.9 Å². The summed E-state index contributed by atoms with van der Waals surface area (Å²) in [7, 11) is -3.56. The predicted molar refractivity (Wildman–Crippen MR) is 106 cm³/mol. The van der Waals surface area contributed by atoms with Gasteiger partial charge < -0.3 is 9.84 Å². The first kappa shape index (κ1) is 20.7. The lowest BCUT2D eigenvalue weighted by atomic mass is 10.1. The molecule has 2 aromatic rings. The number of fused-ring (bicyclic) bond motifs is 1. The quantitative estimate of drug-likeness (QED) is 0.759. The number of benzene rings is 1. The molecule has 1 aliphatic rings. The van der Waals surface area contributed by atoms with Crippen molar-refractivity contribution in [1.82, 2.24) is 9.29 Å². The highest BCUT2D eigenvalue weighted by Crippen LogP contribution is 2.23.